The van der Waals surface area contributed by atoms with Crippen LogP contribution in [0.5, 0.6) is 0 Å². The van der Waals surface area contributed by atoms with Gasteiger partial charge in [0.05, 0.1) is 0 Å². The molecule has 0 amide bonds. The second-order valence-corrected chi connectivity index (χ2v) is 3.72. The highest BCUT2D eigenvalue weighted by atomic mass is 35.5. The van der Waals surface area contributed by atoms with E-state index in [1.807, 2.05) is 0 Å². The maximum Gasteiger partial charge on any atom is 0.459 e. The molecule has 0 aliphatic heterocycles. The van der Waals surface area contributed by atoms with Crippen LogP contribution in [0.4, 0.5) is 44.7 Å². The summed E-state index contributed by atoms with van der Waals surface area (Å²) in [5.41, 5.74) is -2.72. The van der Waals surface area contributed by atoms with Gasteiger partial charge in [0, 0.05) is 23.2 Å². The second kappa shape index (κ2) is 9.87. The van der Waals surface area contributed by atoms with Crippen molar-refractivity contribution in [3.05, 3.63) is 0 Å². The highest BCUT2D eigenvalue weighted by molar-refractivity contribution is 6.60. The normalized spacial score (nSPS) is 13.0. The number of carboxylic acid groups (broad SMARTS) is 2. The van der Waals surface area contributed by atoms with Gasteiger partial charge in [-0.2, -0.15) is 30.7 Å². The van der Waals surface area contributed by atoms with Crippen molar-refractivity contribution in [2.75, 3.05) is 0 Å². The molecule has 0 aromatic heterocycles. The van der Waals surface area contributed by atoms with Crippen LogP contribution in [0.1, 0.15) is 13.3 Å². The van der Waals surface area contributed by atoms with Crippen LogP contribution in [0.15, 0.2) is 0 Å². The van der Waals surface area contributed by atoms with E-state index in [4.69, 9.17) is 19.8 Å². The minimum Gasteiger partial charge on any atom is -0.469 e. The highest BCUT2D eigenvalue weighted by Crippen LogP contribution is 2.49. The molecule has 0 rings (SSSR count). The molecular weight excluding hydrogens is 383 g/mol. The van der Waals surface area contributed by atoms with Crippen molar-refractivity contribution >= 4 is 34.1 Å². The van der Waals surface area contributed by atoms with E-state index < -0.39 is 41.5 Å². The fraction of sp³-hybridized carbons (Fsp3) is 0.750. The minimum absolute atomic E-state index is 0.741. The molecule has 0 bridgehead atoms. The van der Waals surface area contributed by atoms with Crippen LogP contribution in [-0.2, 0) is 0 Å². The first-order chi connectivity index (χ1) is 9.45. The Morgan fingerprint density at radius 3 is 1.32 bits per heavy atom. The number of halogens is 10. The molecule has 2 N–H and O–H groups in total. The Bertz CT molecular complexity index is 341. The summed E-state index contributed by atoms with van der Waals surface area (Å²) in [4.78, 5) is 17.5. The van der Waals surface area contributed by atoms with E-state index in [0.717, 1.165) is 6.92 Å². The zero-order chi connectivity index (χ0) is 18.9. The molecular formula is C8H8Cl2F8O4. The van der Waals surface area contributed by atoms with Gasteiger partial charge in [-0.3, -0.25) is 0 Å². The molecule has 0 aliphatic rings. The van der Waals surface area contributed by atoms with Crippen LogP contribution in [0.25, 0.3) is 0 Å². The lowest BCUT2D eigenvalue weighted by Gasteiger charge is -2.29. The molecule has 1 atom stereocenters. The molecule has 1 unspecified atom stereocenters. The number of hydrogen-bond acceptors (Lipinski definition) is 2. The maximum absolute atomic E-state index is 12.2. The smallest absolute Gasteiger partial charge is 0.459 e. The molecule has 134 valence electrons. The molecule has 0 saturated carbocycles. The standard InChI is InChI=1S/C6H6F8.2CHClO2/c1-2-3(7)4(8,9)5(10,11)6(12,13)14;2*2-1(3)4/h3H,2H2,1H3;2*(H,3,4). The predicted octanol–water partition coefficient (Wildman–Crippen LogP) is 5.37. The van der Waals surface area contributed by atoms with E-state index in [1.165, 1.54) is 0 Å². The van der Waals surface area contributed by atoms with Crippen molar-refractivity contribution < 1.29 is 54.9 Å². The van der Waals surface area contributed by atoms with Crippen LogP contribution in [0.3, 0.4) is 0 Å². The first-order valence-corrected chi connectivity index (χ1v) is 5.43. The molecule has 0 saturated heterocycles. The molecule has 14 heteroatoms. The Hall–Kier alpha value is -1.04. The van der Waals surface area contributed by atoms with Gasteiger partial charge in [-0.05, 0) is 6.42 Å². The molecule has 0 heterocycles. The van der Waals surface area contributed by atoms with Crippen molar-refractivity contribution in [3.8, 4) is 0 Å². The summed E-state index contributed by atoms with van der Waals surface area (Å²) in [6.45, 7) is 0.741. The first kappa shape index (κ1) is 25.9. The van der Waals surface area contributed by atoms with E-state index in [-0.39, 0.29) is 0 Å². The largest absolute Gasteiger partial charge is 0.469 e. The van der Waals surface area contributed by atoms with E-state index in [2.05, 4.69) is 23.2 Å². The average Bonchev–Trinajstić information content (AvgIpc) is 2.24. The van der Waals surface area contributed by atoms with Crippen molar-refractivity contribution in [2.45, 2.75) is 37.5 Å². The summed E-state index contributed by atoms with van der Waals surface area (Å²) in [5.74, 6) is -12.1. The second-order valence-electron chi connectivity index (χ2n) is 3.08. The van der Waals surface area contributed by atoms with E-state index in [0.29, 0.717) is 0 Å². The number of alkyl halides is 8. The van der Waals surface area contributed by atoms with Gasteiger partial charge in [0.2, 0.25) is 0 Å². The van der Waals surface area contributed by atoms with Crippen molar-refractivity contribution in [2.24, 2.45) is 0 Å². The maximum atomic E-state index is 12.2. The fourth-order valence-electron chi connectivity index (χ4n) is 0.642. The van der Waals surface area contributed by atoms with Crippen molar-refractivity contribution in [1.29, 1.82) is 0 Å². The molecule has 0 aliphatic carbocycles. The Kier molecular flexibility index (Phi) is 11.6. The molecule has 0 aromatic rings. The van der Waals surface area contributed by atoms with Gasteiger partial charge in [-0.15, -0.1) is 0 Å². The van der Waals surface area contributed by atoms with Crippen LogP contribution in [-0.4, -0.2) is 45.3 Å². The average molecular weight is 391 g/mol. The third-order valence-corrected chi connectivity index (χ3v) is 1.53. The molecule has 0 radical (unpaired) electrons. The lowest BCUT2D eigenvalue weighted by molar-refractivity contribution is -0.365. The van der Waals surface area contributed by atoms with Crippen LogP contribution in [0, 0.1) is 0 Å². The summed E-state index contributed by atoms with van der Waals surface area (Å²) >= 11 is 8.38. The lowest BCUT2D eigenvalue weighted by Crippen LogP contribution is -2.56. The minimum atomic E-state index is -6.46. The highest BCUT2D eigenvalue weighted by Gasteiger charge is 2.75. The molecule has 22 heavy (non-hydrogen) atoms. The first-order valence-electron chi connectivity index (χ1n) is 4.68. The molecule has 0 spiro atoms. The summed E-state index contributed by atoms with van der Waals surface area (Å²) in [6, 6.07) is 0. The lowest BCUT2D eigenvalue weighted by atomic mass is 10.0. The molecule has 4 nitrogen and oxygen atoms in total. The van der Waals surface area contributed by atoms with E-state index in [9.17, 15) is 35.1 Å². The van der Waals surface area contributed by atoms with Gasteiger partial charge in [-0.25, -0.2) is 14.0 Å². The van der Waals surface area contributed by atoms with Gasteiger partial charge < -0.3 is 10.2 Å². The van der Waals surface area contributed by atoms with Gasteiger partial charge in [0.25, 0.3) is 0 Å². The molecule has 0 fully saturated rings. The number of carbonyl (C=O) groups is 2. The van der Waals surface area contributed by atoms with Gasteiger partial charge in [-0.1, -0.05) is 6.92 Å². The Morgan fingerprint density at radius 2 is 1.18 bits per heavy atom. The third kappa shape index (κ3) is 9.82. The Labute approximate surface area is 127 Å². The fourth-order valence-corrected chi connectivity index (χ4v) is 0.642. The summed E-state index contributed by atoms with van der Waals surface area (Å²) in [7, 11) is 0. The number of rotatable bonds is 3. The van der Waals surface area contributed by atoms with Crippen LogP contribution in [0.2, 0.25) is 0 Å². The number of hydrogen-bond donors (Lipinski definition) is 2. The third-order valence-electron chi connectivity index (χ3n) is 1.53. The van der Waals surface area contributed by atoms with Gasteiger partial charge in [0.1, 0.15) is 0 Å². The summed E-state index contributed by atoms with van der Waals surface area (Å²) in [5, 5.41) is 14.4. The van der Waals surface area contributed by atoms with Crippen LogP contribution < -0.4 is 0 Å². The monoisotopic (exact) mass is 390 g/mol. The zero-order valence-electron chi connectivity index (χ0n) is 10.3. The Morgan fingerprint density at radius 1 is 0.955 bits per heavy atom. The summed E-state index contributed by atoms with van der Waals surface area (Å²) in [6.07, 6.45) is -11.1. The van der Waals surface area contributed by atoms with Crippen molar-refractivity contribution in [3.63, 3.8) is 0 Å². The quantitative estimate of drug-likeness (QED) is 0.501. The van der Waals surface area contributed by atoms with Crippen LogP contribution >= 0.6 is 23.2 Å². The summed E-state index contributed by atoms with van der Waals surface area (Å²) < 4.78 is 95.0. The van der Waals surface area contributed by atoms with Crippen molar-refractivity contribution in [1.82, 2.24) is 0 Å². The topological polar surface area (TPSA) is 74.6 Å². The van der Waals surface area contributed by atoms with Gasteiger partial charge in [0.15, 0.2) is 6.17 Å². The predicted molar refractivity (Wildman–Crippen MR) is 58.9 cm³/mol. The SMILES string of the molecule is CCC(F)C(F)(F)C(F)(F)C(F)(F)F.O=C(O)Cl.O=C(O)Cl. The Balaban J connectivity index is -0.000000372. The van der Waals surface area contributed by atoms with E-state index >= 15 is 0 Å². The van der Waals surface area contributed by atoms with Gasteiger partial charge >= 0.3 is 28.9 Å². The molecule has 0 aromatic carbocycles. The zero-order valence-corrected chi connectivity index (χ0v) is 11.8. The van der Waals surface area contributed by atoms with E-state index in [1.54, 1.807) is 0 Å².